The predicted molar refractivity (Wildman–Crippen MR) is 114 cm³/mol. The van der Waals surface area contributed by atoms with Crippen LogP contribution in [0.15, 0.2) is 40.1 Å². The van der Waals surface area contributed by atoms with E-state index in [2.05, 4.69) is 22.4 Å². The van der Waals surface area contributed by atoms with Crippen molar-refractivity contribution in [2.45, 2.75) is 51.6 Å². The summed E-state index contributed by atoms with van der Waals surface area (Å²) in [5, 5.41) is 6.29. The third-order valence-corrected chi connectivity index (χ3v) is 6.26. The van der Waals surface area contributed by atoms with Gasteiger partial charge in [-0.2, -0.15) is 4.98 Å². The molecule has 33 heavy (non-hydrogen) atoms. The second kappa shape index (κ2) is 8.27. The Hall–Kier alpha value is -3.82. The number of hydrogen-bond acceptors (Lipinski definition) is 8. The van der Waals surface area contributed by atoms with Crippen molar-refractivity contribution >= 4 is 23.6 Å². The lowest BCUT2D eigenvalue weighted by Gasteiger charge is -2.29. The molecule has 3 aliphatic rings. The first-order valence-corrected chi connectivity index (χ1v) is 11.1. The number of nitrogens with zero attached hydrogens (tertiary/aromatic N) is 4. The number of carbonyl (C=O) groups excluding carboxylic acids is 4. The summed E-state index contributed by atoms with van der Waals surface area (Å²) in [5.41, 5.74) is 2.68. The molecule has 5 rings (SSSR count). The van der Waals surface area contributed by atoms with Crippen molar-refractivity contribution in [2.75, 3.05) is 6.54 Å². The highest BCUT2D eigenvalue weighted by molar-refractivity contribution is 6.21. The fourth-order valence-electron chi connectivity index (χ4n) is 4.59. The summed E-state index contributed by atoms with van der Waals surface area (Å²) in [5.74, 6) is -1.19. The smallest absolute Gasteiger partial charge is 0.278 e. The zero-order chi connectivity index (χ0) is 23.1. The van der Waals surface area contributed by atoms with E-state index < -0.39 is 29.7 Å². The van der Waals surface area contributed by atoms with Crippen molar-refractivity contribution < 1.29 is 23.7 Å². The van der Waals surface area contributed by atoms with Crippen molar-refractivity contribution in [3.05, 3.63) is 47.0 Å². The van der Waals surface area contributed by atoms with Gasteiger partial charge in [0, 0.05) is 24.1 Å². The van der Waals surface area contributed by atoms with Gasteiger partial charge in [-0.15, -0.1) is 0 Å². The summed E-state index contributed by atoms with van der Waals surface area (Å²) in [7, 11) is 0. The molecule has 2 aromatic rings. The summed E-state index contributed by atoms with van der Waals surface area (Å²) < 4.78 is 5.44. The number of hydrogen-bond donors (Lipinski definition) is 1. The number of carbonyl (C=O) groups is 4. The monoisotopic (exact) mass is 449 g/mol. The Labute approximate surface area is 189 Å². The van der Waals surface area contributed by atoms with Gasteiger partial charge in [0.25, 0.3) is 11.8 Å². The highest BCUT2D eigenvalue weighted by atomic mass is 16.5. The van der Waals surface area contributed by atoms with Gasteiger partial charge in [-0.25, -0.2) is 0 Å². The van der Waals surface area contributed by atoms with Crippen LogP contribution in [0.3, 0.4) is 0 Å². The molecule has 0 radical (unpaired) electrons. The lowest BCUT2D eigenvalue weighted by molar-refractivity contribution is -0.150. The molecular weight excluding hydrogens is 426 g/mol. The van der Waals surface area contributed by atoms with Gasteiger partial charge in [0.15, 0.2) is 0 Å². The van der Waals surface area contributed by atoms with E-state index in [1.54, 1.807) is 4.90 Å². The number of amides is 4. The van der Waals surface area contributed by atoms with E-state index in [-0.39, 0.29) is 25.1 Å². The maximum absolute atomic E-state index is 13.2. The van der Waals surface area contributed by atoms with Crippen molar-refractivity contribution in [3.63, 3.8) is 0 Å². The second-order valence-corrected chi connectivity index (χ2v) is 8.37. The van der Waals surface area contributed by atoms with Crippen molar-refractivity contribution in [3.8, 4) is 11.4 Å². The van der Waals surface area contributed by atoms with Crippen LogP contribution in [0.25, 0.3) is 11.4 Å². The Kier molecular flexibility index (Phi) is 5.27. The molecule has 1 unspecified atom stereocenters. The zero-order valence-electron chi connectivity index (χ0n) is 18.2. The van der Waals surface area contributed by atoms with Crippen molar-refractivity contribution in [1.82, 2.24) is 25.3 Å². The highest BCUT2D eigenvalue weighted by Crippen LogP contribution is 2.34. The summed E-state index contributed by atoms with van der Waals surface area (Å²) in [6, 6.07) is 6.91. The number of nitrogens with one attached hydrogen (secondary N) is 1. The molecule has 3 aliphatic heterocycles. The van der Waals surface area contributed by atoms with E-state index in [9.17, 15) is 19.2 Å². The van der Waals surface area contributed by atoms with Gasteiger partial charge in [-0.3, -0.25) is 29.4 Å². The van der Waals surface area contributed by atoms with Crippen LogP contribution in [0.2, 0.25) is 0 Å². The second-order valence-electron chi connectivity index (χ2n) is 8.37. The fourth-order valence-corrected chi connectivity index (χ4v) is 4.59. The van der Waals surface area contributed by atoms with Crippen LogP contribution in [-0.2, 0) is 32.1 Å². The quantitative estimate of drug-likeness (QED) is 0.678. The molecule has 0 aliphatic carbocycles. The lowest BCUT2D eigenvalue weighted by Crippen LogP contribution is -2.55. The Bertz CT molecular complexity index is 1200. The van der Waals surface area contributed by atoms with Crippen LogP contribution in [0.5, 0.6) is 0 Å². The maximum Gasteiger partial charge on any atom is 0.278 e. The average Bonchev–Trinajstić information content (AvgIpc) is 3.38. The number of piperidine rings is 1. The molecule has 1 N–H and O–H groups in total. The fraction of sp³-hybridized carbons (Fsp3) is 0.391. The summed E-state index contributed by atoms with van der Waals surface area (Å²) in [6.07, 6.45) is 2.25. The molecule has 10 nitrogen and oxygen atoms in total. The topological polar surface area (TPSA) is 126 Å². The van der Waals surface area contributed by atoms with Crippen LogP contribution >= 0.6 is 0 Å². The molecule has 1 atom stereocenters. The largest absolute Gasteiger partial charge is 0.357 e. The third kappa shape index (κ3) is 3.71. The van der Waals surface area contributed by atoms with Crippen LogP contribution in [0.4, 0.5) is 0 Å². The van der Waals surface area contributed by atoms with Gasteiger partial charge < -0.3 is 9.42 Å². The summed E-state index contributed by atoms with van der Waals surface area (Å²) >= 11 is 0. The Morgan fingerprint density at radius 3 is 2.79 bits per heavy atom. The predicted octanol–water partition coefficient (Wildman–Crippen LogP) is 1.32. The van der Waals surface area contributed by atoms with Gasteiger partial charge in [0.1, 0.15) is 11.7 Å². The maximum atomic E-state index is 13.2. The molecular formula is C23H23N5O5. The van der Waals surface area contributed by atoms with Gasteiger partial charge in [-0.05, 0) is 37.3 Å². The Morgan fingerprint density at radius 2 is 2.00 bits per heavy atom. The molecule has 10 heteroatoms. The normalized spacial score (nSPS) is 21.1. The van der Waals surface area contributed by atoms with Crippen LogP contribution in [-0.4, -0.2) is 56.2 Å². The molecule has 4 amide bonds. The summed E-state index contributed by atoms with van der Waals surface area (Å²) in [4.78, 5) is 57.3. The van der Waals surface area contributed by atoms with E-state index >= 15 is 0 Å². The van der Waals surface area contributed by atoms with Gasteiger partial charge in [0.2, 0.25) is 23.5 Å². The van der Waals surface area contributed by atoms with Crippen LogP contribution in [0, 0.1) is 0 Å². The lowest BCUT2D eigenvalue weighted by atomic mass is 10.0. The van der Waals surface area contributed by atoms with E-state index in [4.69, 9.17) is 4.52 Å². The molecule has 1 aromatic carbocycles. The standard InChI is InChI=1S/C23H23N5O5/c1-2-13-5-3-6-14(11-13)20-25-18(33-26-20)12-27-10-4-7-15-19(27)23(32)28(22(15)31)16-8-9-17(29)24-21(16)30/h3,5-6,11,16H,2,4,7-10,12H2,1H3,(H,24,29,30). The number of aryl methyl sites for hydroxylation is 1. The molecule has 0 spiro atoms. The first-order valence-electron chi connectivity index (χ1n) is 11.1. The molecule has 1 saturated heterocycles. The van der Waals surface area contributed by atoms with E-state index in [0.29, 0.717) is 36.7 Å². The van der Waals surface area contributed by atoms with Crippen molar-refractivity contribution in [1.29, 1.82) is 0 Å². The van der Waals surface area contributed by atoms with Gasteiger partial charge in [-0.1, -0.05) is 30.3 Å². The van der Waals surface area contributed by atoms with Crippen LogP contribution in [0.1, 0.15) is 44.1 Å². The molecule has 1 fully saturated rings. The minimum Gasteiger partial charge on any atom is -0.357 e. The minimum absolute atomic E-state index is 0.0891. The number of rotatable bonds is 5. The van der Waals surface area contributed by atoms with Gasteiger partial charge in [0.05, 0.1) is 6.54 Å². The molecule has 4 heterocycles. The molecule has 0 saturated carbocycles. The van der Waals surface area contributed by atoms with E-state index in [1.165, 1.54) is 0 Å². The van der Waals surface area contributed by atoms with Gasteiger partial charge >= 0.3 is 0 Å². The minimum atomic E-state index is -0.976. The van der Waals surface area contributed by atoms with E-state index in [0.717, 1.165) is 22.4 Å². The molecule has 1 aromatic heterocycles. The molecule has 170 valence electrons. The molecule has 0 bridgehead atoms. The number of imide groups is 2. The summed E-state index contributed by atoms with van der Waals surface area (Å²) in [6.45, 7) is 2.80. The first-order chi connectivity index (χ1) is 16.0. The first kappa shape index (κ1) is 21.0. The number of benzene rings is 1. The SMILES string of the molecule is CCc1cccc(-c2noc(CN3CCCC4=C3C(=O)N(C3CCC(=O)NC3=O)C4=O)n2)c1. The Balaban J connectivity index is 1.37. The third-order valence-electron chi connectivity index (χ3n) is 6.26. The Morgan fingerprint density at radius 1 is 1.15 bits per heavy atom. The highest BCUT2D eigenvalue weighted by Gasteiger charge is 2.48. The van der Waals surface area contributed by atoms with Crippen molar-refractivity contribution in [2.24, 2.45) is 0 Å². The zero-order valence-corrected chi connectivity index (χ0v) is 18.2. The number of aromatic nitrogens is 2. The van der Waals surface area contributed by atoms with E-state index in [1.807, 2.05) is 24.3 Å². The average molecular weight is 449 g/mol. The van der Waals surface area contributed by atoms with Crippen LogP contribution < -0.4 is 5.32 Å².